The molecule has 0 bridgehead atoms. The predicted molar refractivity (Wildman–Crippen MR) is 83.8 cm³/mol. The van der Waals surface area contributed by atoms with Crippen LogP contribution < -0.4 is 10.0 Å². The highest BCUT2D eigenvalue weighted by Gasteiger charge is 2.31. The van der Waals surface area contributed by atoms with Gasteiger partial charge in [-0.15, -0.1) is 0 Å². The molecule has 0 aromatic carbocycles. The first-order chi connectivity index (χ1) is 9.54. The van der Waals surface area contributed by atoms with Crippen LogP contribution in [0.1, 0.15) is 50.7 Å². The van der Waals surface area contributed by atoms with Crippen molar-refractivity contribution in [3.63, 3.8) is 0 Å². The minimum atomic E-state index is -3.09. The number of nitrogens with one attached hydrogen (secondary N) is 2. The van der Waals surface area contributed by atoms with Crippen LogP contribution in [0.25, 0.3) is 0 Å². The highest BCUT2D eigenvalue weighted by molar-refractivity contribution is 7.88. The third-order valence-corrected chi connectivity index (χ3v) is 4.62. The molecular weight excluding hydrogens is 288 g/mol. The summed E-state index contributed by atoms with van der Waals surface area (Å²) in [5, 5.41) is 3.46. The second-order valence-corrected chi connectivity index (χ2v) is 8.86. The van der Waals surface area contributed by atoms with Gasteiger partial charge in [-0.2, -0.15) is 0 Å². The summed E-state index contributed by atoms with van der Waals surface area (Å²) >= 11 is 0. The number of aryl methyl sites for hydroxylation is 1. The molecule has 6 heteroatoms. The lowest BCUT2D eigenvalue weighted by molar-refractivity contribution is 0.273. The molecule has 0 radical (unpaired) electrons. The summed E-state index contributed by atoms with van der Waals surface area (Å²) < 4.78 is 30.7. The van der Waals surface area contributed by atoms with Crippen LogP contribution >= 0.6 is 0 Å². The van der Waals surface area contributed by atoms with E-state index in [2.05, 4.69) is 36.9 Å². The van der Waals surface area contributed by atoms with E-state index in [-0.39, 0.29) is 11.5 Å². The molecule has 1 aromatic heterocycles. The number of hydrogen-bond donors (Lipinski definition) is 2. The molecule has 1 aliphatic rings. The molecule has 0 amide bonds. The van der Waals surface area contributed by atoms with E-state index in [0.29, 0.717) is 6.04 Å². The summed E-state index contributed by atoms with van der Waals surface area (Å²) in [6.45, 7) is 9.16. The van der Waals surface area contributed by atoms with Gasteiger partial charge in [0, 0.05) is 29.6 Å². The first-order valence-corrected chi connectivity index (χ1v) is 9.24. The van der Waals surface area contributed by atoms with Crippen LogP contribution in [0.15, 0.2) is 10.5 Å². The zero-order valence-corrected chi connectivity index (χ0v) is 14.3. The Hall–Kier alpha value is -0.850. The van der Waals surface area contributed by atoms with Crippen molar-refractivity contribution in [2.24, 2.45) is 0 Å². The summed E-state index contributed by atoms with van der Waals surface area (Å²) in [5.74, 6) is 1.96. The predicted octanol–water partition coefficient (Wildman–Crippen LogP) is 2.06. The minimum Gasteiger partial charge on any atom is -0.465 e. The van der Waals surface area contributed by atoms with Gasteiger partial charge in [0.25, 0.3) is 0 Å². The van der Waals surface area contributed by atoms with Gasteiger partial charge in [-0.3, -0.25) is 0 Å². The molecule has 1 aliphatic carbocycles. The van der Waals surface area contributed by atoms with Gasteiger partial charge < -0.3 is 9.73 Å². The molecule has 120 valence electrons. The third kappa shape index (κ3) is 4.56. The van der Waals surface area contributed by atoms with E-state index in [9.17, 15) is 8.42 Å². The maximum Gasteiger partial charge on any atom is 0.208 e. The highest BCUT2D eigenvalue weighted by Crippen LogP contribution is 2.27. The van der Waals surface area contributed by atoms with Crippen molar-refractivity contribution >= 4 is 10.0 Å². The van der Waals surface area contributed by atoms with Crippen LogP contribution in [0.4, 0.5) is 0 Å². The maximum atomic E-state index is 11.1. The highest BCUT2D eigenvalue weighted by atomic mass is 32.2. The smallest absolute Gasteiger partial charge is 0.208 e. The molecule has 21 heavy (non-hydrogen) atoms. The van der Waals surface area contributed by atoms with Crippen LogP contribution in [0.3, 0.4) is 0 Å². The lowest BCUT2D eigenvalue weighted by atomic mass is 9.87. The SMILES string of the molecule is Cc1oc(C(C)(C)C)cc1CNC1CC(NS(C)(=O)=O)C1. The van der Waals surface area contributed by atoms with E-state index in [1.807, 2.05) is 6.92 Å². The lowest BCUT2D eigenvalue weighted by Gasteiger charge is -2.35. The summed E-state index contributed by atoms with van der Waals surface area (Å²) in [4.78, 5) is 0. The fourth-order valence-electron chi connectivity index (χ4n) is 2.50. The first-order valence-electron chi connectivity index (χ1n) is 7.35. The van der Waals surface area contributed by atoms with Gasteiger partial charge in [0.15, 0.2) is 0 Å². The lowest BCUT2D eigenvalue weighted by Crippen LogP contribution is -2.51. The number of sulfonamides is 1. The van der Waals surface area contributed by atoms with E-state index in [1.165, 1.54) is 11.8 Å². The minimum absolute atomic E-state index is 0.0178. The fraction of sp³-hybridized carbons (Fsp3) is 0.733. The van der Waals surface area contributed by atoms with Gasteiger partial charge in [0.05, 0.1) is 6.26 Å². The molecule has 0 aliphatic heterocycles. The van der Waals surface area contributed by atoms with Crippen molar-refractivity contribution < 1.29 is 12.8 Å². The number of furan rings is 1. The van der Waals surface area contributed by atoms with Crippen LogP contribution in [0.5, 0.6) is 0 Å². The zero-order chi connectivity index (χ0) is 15.8. The standard InChI is InChI=1S/C15H26N2O3S/c1-10-11(6-14(20-10)15(2,3)4)9-16-12-7-13(8-12)17-21(5,18)19/h6,12-13,16-17H,7-9H2,1-5H3. The summed E-state index contributed by atoms with van der Waals surface area (Å²) in [6, 6.07) is 2.57. The Bertz CT molecular complexity index is 593. The fourth-order valence-corrected chi connectivity index (χ4v) is 3.30. The molecule has 1 aromatic rings. The van der Waals surface area contributed by atoms with Crippen LogP contribution in [0.2, 0.25) is 0 Å². The average Bonchev–Trinajstić information content (AvgIpc) is 2.61. The van der Waals surface area contributed by atoms with E-state index in [1.54, 1.807) is 0 Å². The molecule has 1 saturated carbocycles. The number of rotatable bonds is 5. The molecule has 1 fully saturated rings. The van der Waals surface area contributed by atoms with Gasteiger partial charge in [-0.25, -0.2) is 13.1 Å². The van der Waals surface area contributed by atoms with Gasteiger partial charge in [-0.05, 0) is 25.8 Å². The Balaban J connectivity index is 1.82. The van der Waals surface area contributed by atoms with Crippen molar-refractivity contribution in [3.8, 4) is 0 Å². The van der Waals surface area contributed by atoms with Crippen LogP contribution in [0, 0.1) is 6.92 Å². The maximum absolute atomic E-state index is 11.1. The van der Waals surface area contributed by atoms with Crippen molar-refractivity contribution in [1.29, 1.82) is 0 Å². The van der Waals surface area contributed by atoms with Crippen LogP contribution in [-0.4, -0.2) is 26.8 Å². The van der Waals surface area contributed by atoms with E-state index in [0.717, 1.165) is 30.9 Å². The zero-order valence-electron chi connectivity index (χ0n) is 13.5. The summed E-state index contributed by atoms with van der Waals surface area (Å²) in [5.41, 5.74) is 1.20. The van der Waals surface area contributed by atoms with Crippen LogP contribution in [-0.2, 0) is 22.0 Å². The van der Waals surface area contributed by atoms with E-state index < -0.39 is 10.0 Å². The van der Waals surface area contributed by atoms with Gasteiger partial charge in [0.2, 0.25) is 10.0 Å². The molecule has 1 heterocycles. The monoisotopic (exact) mass is 314 g/mol. The molecule has 0 atom stereocenters. The third-order valence-electron chi connectivity index (χ3n) is 3.86. The Labute approximate surface area is 127 Å². The van der Waals surface area contributed by atoms with Gasteiger partial charge >= 0.3 is 0 Å². The van der Waals surface area contributed by atoms with Gasteiger partial charge in [0.1, 0.15) is 11.5 Å². The van der Waals surface area contributed by atoms with Crippen molar-refractivity contribution in [3.05, 3.63) is 23.2 Å². The van der Waals surface area contributed by atoms with Crippen molar-refractivity contribution in [2.45, 2.75) is 64.6 Å². The Kier molecular flexibility index (Phi) is 4.52. The summed E-state index contributed by atoms with van der Waals surface area (Å²) in [6.07, 6.45) is 2.89. The quantitative estimate of drug-likeness (QED) is 0.872. The second-order valence-electron chi connectivity index (χ2n) is 7.08. The normalized spacial score (nSPS) is 23.1. The van der Waals surface area contributed by atoms with Crippen molar-refractivity contribution in [1.82, 2.24) is 10.0 Å². The largest absolute Gasteiger partial charge is 0.465 e. The first kappa shape index (κ1) is 16.5. The van der Waals surface area contributed by atoms with E-state index >= 15 is 0 Å². The molecule has 2 rings (SSSR count). The Morgan fingerprint density at radius 3 is 2.38 bits per heavy atom. The Morgan fingerprint density at radius 2 is 1.90 bits per heavy atom. The van der Waals surface area contributed by atoms with E-state index in [4.69, 9.17) is 4.42 Å². The molecule has 0 spiro atoms. The molecule has 0 saturated heterocycles. The Morgan fingerprint density at radius 1 is 1.29 bits per heavy atom. The average molecular weight is 314 g/mol. The van der Waals surface area contributed by atoms with Crippen molar-refractivity contribution in [2.75, 3.05) is 6.26 Å². The summed E-state index contributed by atoms with van der Waals surface area (Å²) in [7, 11) is -3.09. The molecule has 5 nitrogen and oxygen atoms in total. The topological polar surface area (TPSA) is 71.3 Å². The van der Waals surface area contributed by atoms with Gasteiger partial charge in [-0.1, -0.05) is 20.8 Å². The molecule has 0 unspecified atom stereocenters. The molecule has 2 N–H and O–H groups in total. The second kappa shape index (κ2) is 5.74. The number of hydrogen-bond acceptors (Lipinski definition) is 4. The molecular formula is C15H26N2O3S.